The van der Waals surface area contributed by atoms with Crippen molar-refractivity contribution in [2.24, 2.45) is 5.92 Å². The summed E-state index contributed by atoms with van der Waals surface area (Å²) in [5, 5.41) is 8.88. The molecule has 1 atom stereocenters. The fourth-order valence-electron chi connectivity index (χ4n) is 1.64. The summed E-state index contributed by atoms with van der Waals surface area (Å²) in [6.07, 6.45) is 1.53. The lowest BCUT2D eigenvalue weighted by Crippen LogP contribution is -2.31. The van der Waals surface area contributed by atoms with E-state index in [-0.39, 0.29) is 5.91 Å². The number of aryl methyl sites for hydroxylation is 1. The predicted molar refractivity (Wildman–Crippen MR) is 68.6 cm³/mol. The van der Waals surface area contributed by atoms with Gasteiger partial charge in [-0.15, -0.1) is 0 Å². The number of hydrogen-bond acceptors (Lipinski definition) is 2. The smallest absolute Gasteiger partial charge is 0.244 e. The van der Waals surface area contributed by atoms with Crippen LogP contribution in [0.1, 0.15) is 25.8 Å². The van der Waals surface area contributed by atoms with Crippen molar-refractivity contribution in [3.8, 4) is 6.07 Å². The molecule has 0 spiro atoms. The molecule has 90 valence electrons. The van der Waals surface area contributed by atoms with Gasteiger partial charge in [-0.05, 0) is 30.5 Å². The summed E-state index contributed by atoms with van der Waals surface area (Å²) in [7, 11) is 1.71. The summed E-state index contributed by atoms with van der Waals surface area (Å²) in [4.78, 5) is 13.5. The van der Waals surface area contributed by atoms with Gasteiger partial charge in [0.25, 0.3) is 0 Å². The maximum Gasteiger partial charge on any atom is 0.244 e. The Morgan fingerprint density at radius 3 is 2.35 bits per heavy atom. The van der Waals surface area contributed by atoms with Gasteiger partial charge in [0, 0.05) is 12.7 Å². The van der Waals surface area contributed by atoms with E-state index < -0.39 is 5.92 Å². The minimum Gasteiger partial charge on any atom is -0.314 e. The molecule has 1 rings (SSSR count). The normalized spacial score (nSPS) is 11.6. The summed E-state index contributed by atoms with van der Waals surface area (Å²) >= 11 is 0. The highest BCUT2D eigenvalue weighted by Gasteiger charge is 2.20. The van der Waals surface area contributed by atoms with Crippen molar-refractivity contribution in [1.82, 2.24) is 0 Å². The first-order valence-corrected chi connectivity index (χ1v) is 5.90. The Hall–Kier alpha value is -1.82. The zero-order valence-corrected chi connectivity index (χ0v) is 10.6. The molecular weight excluding hydrogens is 212 g/mol. The third-order valence-electron chi connectivity index (χ3n) is 2.92. The van der Waals surface area contributed by atoms with Gasteiger partial charge in [0.05, 0.1) is 6.07 Å². The molecule has 0 N–H and O–H groups in total. The summed E-state index contributed by atoms with van der Waals surface area (Å²) < 4.78 is 0. The fraction of sp³-hybridized carbons (Fsp3) is 0.429. The van der Waals surface area contributed by atoms with Crippen LogP contribution in [0.2, 0.25) is 0 Å². The lowest BCUT2D eigenvalue weighted by molar-refractivity contribution is -0.120. The van der Waals surface area contributed by atoms with E-state index in [0.29, 0.717) is 6.42 Å². The van der Waals surface area contributed by atoms with Crippen LogP contribution < -0.4 is 4.90 Å². The molecule has 17 heavy (non-hydrogen) atoms. The third kappa shape index (κ3) is 3.07. The predicted octanol–water partition coefficient (Wildman–Crippen LogP) is 2.76. The van der Waals surface area contributed by atoms with Crippen LogP contribution in [0.15, 0.2) is 24.3 Å². The second-order valence-corrected chi connectivity index (χ2v) is 4.01. The van der Waals surface area contributed by atoms with Gasteiger partial charge in [0.2, 0.25) is 5.91 Å². The van der Waals surface area contributed by atoms with Crippen molar-refractivity contribution in [3.05, 3.63) is 29.8 Å². The molecule has 1 unspecified atom stereocenters. The first-order valence-electron chi connectivity index (χ1n) is 5.90. The lowest BCUT2D eigenvalue weighted by Gasteiger charge is -2.19. The van der Waals surface area contributed by atoms with Crippen LogP contribution in [0.3, 0.4) is 0 Å². The van der Waals surface area contributed by atoms with E-state index in [2.05, 4.69) is 6.92 Å². The number of carbonyl (C=O) groups is 1. The van der Waals surface area contributed by atoms with Crippen LogP contribution in [-0.2, 0) is 11.2 Å². The second-order valence-electron chi connectivity index (χ2n) is 4.01. The molecule has 0 radical (unpaired) electrons. The highest BCUT2D eigenvalue weighted by atomic mass is 16.2. The average molecular weight is 230 g/mol. The molecule has 1 aromatic carbocycles. The standard InChI is InChI=1S/C14H18N2O/c1-4-11-6-8-13(9-7-11)16(3)14(17)12(5-2)10-15/h6-9,12H,4-5H2,1-3H3. The molecule has 0 heterocycles. The van der Waals surface area contributed by atoms with E-state index in [0.717, 1.165) is 12.1 Å². The largest absolute Gasteiger partial charge is 0.314 e. The number of hydrogen-bond donors (Lipinski definition) is 0. The van der Waals surface area contributed by atoms with Gasteiger partial charge in [0.15, 0.2) is 0 Å². The molecule has 3 heteroatoms. The van der Waals surface area contributed by atoms with Crippen LogP contribution >= 0.6 is 0 Å². The number of rotatable bonds is 4. The van der Waals surface area contributed by atoms with E-state index >= 15 is 0 Å². The highest BCUT2D eigenvalue weighted by Crippen LogP contribution is 2.17. The van der Waals surface area contributed by atoms with E-state index in [4.69, 9.17) is 5.26 Å². The van der Waals surface area contributed by atoms with Gasteiger partial charge in [-0.3, -0.25) is 4.79 Å². The molecular formula is C14H18N2O. The van der Waals surface area contributed by atoms with Crippen molar-refractivity contribution in [1.29, 1.82) is 5.26 Å². The van der Waals surface area contributed by atoms with E-state index in [1.54, 1.807) is 11.9 Å². The number of nitrogens with zero attached hydrogens (tertiary/aromatic N) is 2. The van der Waals surface area contributed by atoms with Crippen molar-refractivity contribution < 1.29 is 4.79 Å². The summed E-state index contributed by atoms with van der Waals surface area (Å²) in [6.45, 7) is 3.94. The van der Waals surface area contributed by atoms with E-state index in [1.165, 1.54) is 5.56 Å². The summed E-state index contributed by atoms with van der Waals surface area (Å²) in [6, 6.07) is 9.88. The first-order chi connectivity index (χ1) is 8.13. The molecule has 0 aliphatic heterocycles. The number of nitriles is 1. The zero-order chi connectivity index (χ0) is 12.8. The van der Waals surface area contributed by atoms with E-state index in [9.17, 15) is 4.79 Å². The van der Waals surface area contributed by atoms with Gasteiger partial charge < -0.3 is 4.90 Å². The molecule has 0 aliphatic carbocycles. The fourth-order valence-corrected chi connectivity index (χ4v) is 1.64. The monoisotopic (exact) mass is 230 g/mol. The van der Waals surface area contributed by atoms with Crippen LogP contribution in [0.25, 0.3) is 0 Å². The zero-order valence-electron chi connectivity index (χ0n) is 10.6. The molecule has 0 fully saturated rings. The molecule has 0 saturated heterocycles. The molecule has 0 saturated carbocycles. The molecule has 1 aromatic rings. The summed E-state index contributed by atoms with van der Waals surface area (Å²) in [5.74, 6) is -0.690. The van der Waals surface area contributed by atoms with Crippen molar-refractivity contribution in [2.75, 3.05) is 11.9 Å². The van der Waals surface area contributed by atoms with Gasteiger partial charge in [-0.1, -0.05) is 26.0 Å². The van der Waals surface area contributed by atoms with Gasteiger partial charge in [0.1, 0.15) is 5.92 Å². The maximum atomic E-state index is 12.0. The number of anilines is 1. The minimum atomic E-state index is -0.550. The van der Waals surface area contributed by atoms with Crippen LogP contribution in [0.4, 0.5) is 5.69 Å². The Balaban J connectivity index is 2.85. The highest BCUT2D eigenvalue weighted by molar-refractivity contribution is 5.95. The first kappa shape index (κ1) is 13.2. The third-order valence-corrected chi connectivity index (χ3v) is 2.92. The van der Waals surface area contributed by atoms with Gasteiger partial charge >= 0.3 is 0 Å². The topological polar surface area (TPSA) is 44.1 Å². The second kappa shape index (κ2) is 6.05. The average Bonchev–Trinajstić information content (AvgIpc) is 2.39. The quantitative estimate of drug-likeness (QED) is 0.798. The van der Waals surface area contributed by atoms with Crippen LogP contribution in [0, 0.1) is 17.2 Å². The molecule has 3 nitrogen and oxygen atoms in total. The Bertz CT molecular complexity index is 417. The Morgan fingerprint density at radius 1 is 1.35 bits per heavy atom. The molecule has 1 amide bonds. The maximum absolute atomic E-state index is 12.0. The number of amides is 1. The minimum absolute atomic E-state index is 0.140. The lowest BCUT2D eigenvalue weighted by atomic mass is 10.1. The van der Waals surface area contributed by atoms with E-state index in [1.807, 2.05) is 37.3 Å². The molecule has 0 bridgehead atoms. The van der Waals surface area contributed by atoms with Crippen LogP contribution in [0.5, 0.6) is 0 Å². The summed E-state index contributed by atoms with van der Waals surface area (Å²) in [5.41, 5.74) is 2.07. The van der Waals surface area contributed by atoms with Crippen molar-refractivity contribution in [2.45, 2.75) is 26.7 Å². The van der Waals surface area contributed by atoms with Crippen molar-refractivity contribution >= 4 is 11.6 Å². The molecule has 0 aromatic heterocycles. The Labute approximate surface area is 103 Å². The molecule has 0 aliphatic rings. The number of benzene rings is 1. The van der Waals surface area contributed by atoms with Crippen molar-refractivity contribution in [3.63, 3.8) is 0 Å². The SMILES string of the molecule is CCc1ccc(N(C)C(=O)C(C#N)CC)cc1. The van der Waals surface area contributed by atoms with Gasteiger partial charge in [-0.2, -0.15) is 5.26 Å². The number of carbonyl (C=O) groups excluding carboxylic acids is 1. The Kier molecular flexibility index (Phi) is 4.71. The Morgan fingerprint density at radius 2 is 1.94 bits per heavy atom. The van der Waals surface area contributed by atoms with Gasteiger partial charge in [-0.25, -0.2) is 0 Å². The van der Waals surface area contributed by atoms with Crippen LogP contribution in [-0.4, -0.2) is 13.0 Å².